The maximum absolute atomic E-state index is 8.64. The van der Waals surface area contributed by atoms with Crippen LogP contribution < -0.4 is 4.90 Å². The summed E-state index contributed by atoms with van der Waals surface area (Å²) in [6.45, 7) is 0.817. The molecule has 3 nitrogen and oxygen atoms in total. The fraction of sp³-hybridized carbons (Fsp3) is 0.375. The van der Waals surface area contributed by atoms with Crippen molar-refractivity contribution in [2.24, 2.45) is 0 Å². The van der Waals surface area contributed by atoms with Crippen LogP contribution in [0.15, 0.2) is 24.5 Å². The number of anilines is 1. The van der Waals surface area contributed by atoms with Crippen LogP contribution in [0.25, 0.3) is 0 Å². The van der Waals surface area contributed by atoms with Gasteiger partial charge in [-0.05, 0) is 12.1 Å². The van der Waals surface area contributed by atoms with E-state index >= 15 is 0 Å². The fourth-order valence-electron chi connectivity index (χ4n) is 0.859. The Kier molecular flexibility index (Phi) is 2.86. The highest BCUT2D eigenvalue weighted by molar-refractivity contribution is 5.42. The molecule has 0 aliphatic heterocycles. The first kappa shape index (κ1) is 8.01. The second-order valence-electron chi connectivity index (χ2n) is 2.36. The van der Waals surface area contributed by atoms with Crippen molar-refractivity contribution in [3.8, 4) is 0 Å². The molecule has 0 bridgehead atoms. The van der Waals surface area contributed by atoms with Crippen LogP contribution in [0.4, 0.5) is 5.69 Å². The smallest absolute Gasteiger partial charge is 0.0606 e. The molecule has 1 aromatic rings. The molecular formula is C8H12N2O. The van der Waals surface area contributed by atoms with Crippen molar-refractivity contribution in [3.63, 3.8) is 0 Å². The van der Waals surface area contributed by atoms with Crippen molar-refractivity contribution in [2.45, 2.75) is 0 Å². The summed E-state index contributed by atoms with van der Waals surface area (Å²) in [5.74, 6) is 0. The third kappa shape index (κ3) is 2.20. The molecule has 1 aromatic heterocycles. The van der Waals surface area contributed by atoms with Crippen LogP contribution in [0.3, 0.4) is 0 Å². The average Bonchev–Trinajstić information content (AvgIpc) is 2.07. The molecule has 0 aliphatic rings. The van der Waals surface area contributed by atoms with Gasteiger partial charge in [0.1, 0.15) is 0 Å². The number of rotatable bonds is 3. The Morgan fingerprint density at radius 1 is 1.64 bits per heavy atom. The Hall–Kier alpha value is -1.09. The largest absolute Gasteiger partial charge is 0.395 e. The highest BCUT2D eigenvalue weighted by atomic mass is 16.3. The number of pyridine rings is 1. The van der Waals surface area contributed by atoms with Crippen LogP contribution in [-0.4, -0.2) is 30.3 Å². The van der Waals surface area contributed by atoms with Crippen LogP contribution in [0.2, 0.25) is 0 Å². The number of hydrogen-bond donors (Lipinski definition) is 1. The highest BCUT2D eigenvalue weighted by Crippen LogP contribution is 2.07. The number of aliphatic hydroxyl groups excluding tert-OH is 1. The van der Waals surface area contributed by atoms with Crippen molar-refractivity contribution < 1.29 is 5.11 Å². The Morgan fingerprint density at radius 2 is 2.45 bits per heavy atom. The Morgan fingerprint density at radius 3 is 3.00 bits per heavy atom. The van der Waals surface area contributed by atoms with Crippen molar-refractivity contribution in [1.82, 2.24) is 4.98 Å². The molecule has 0 aliphatic carbocycles. The van der Waals surface area contributed by atoms with E-state index in [-0.39, 0.29) is 6.61 Å². The summed E-state index contributed by atoms with van der Waals surface area (Å²) < 4.78 is 0. The molecule has 0 radical (unpaired) electrons. The summed E-state index contributed by atoms with van der Waals surface area (Å²) in [6.07, 6.45) is 3.51. The molecule has 1 heterocycles. The van der Waals surface area contributed by atoms with Gasteiger partial charge in [-0.15, -0.1) is 0 Å². The predicted molar refractivity (Wildman–Crippen MR) is 44.6 cm³/mol. The van der Waals surface area contributed by atoms with Gasteiger partial charge in [0.25, 0.3) is 0 Å². The summed E-state index contributed by atoms with van der Waals surface area (Å²) in [4.78, 5) is 5.92. The standard InChI is InChI=1S/C8H12N2O/c1-10(5-6-11)8-3-2-4-9-7-8/h2-4,7,11H,5-6H2,1H3. The van der Waals surface area contributed by atoms with Gasteiger partial charge in [-0.25, -0.2) is 0 Å². The van der Waals surface area contributed by atoms with E-state index in [0.717, 1.165) is 5.69 Å². The molecule has 60 valence electrons. The molecule has 0 saturated carbocycles. The van der Waals surface area contributed by atoms with Gasteiger partial charge in [-0.1, -0.05) is 0 Å². The summed E-state index contributed by atoms with van der Waals surface area (Å²) in [6, 6.07) is 3.84. The Bertz CT molecular complexity index is 201. The third-order valence-electron chi connectivity index (χ3n) is 1.52. The minimum Gasteiger partial charge on any atom is -0.395 e. The fourth-order valence-corrected chi connectivity index (χ4v) is 0.859. The first-order chi connectivity index (χ1) is 5.34. The van der Waals surface area contributed by atoms with Crippen molar-refractivity contribution >= 4 is 5.69 Å². The molecule has 0 atom stereocenters. The summed E-state index contributed by atoms with van der Waals surface area (Å²) in [5.41, 5.74) is 1.03. The molecule has 0 amide bonds. The van der Waals surface area contributed by atoms with Crippen LogP contribution in [0.1, 0.15) is 0 Å². The number of likely N-dealkylation sites (N-methyl/N-ethyl adjacent to an activating group) is 1. The van der Waals surface area contributed by atoms with Crippen molar-refractivity contribution in [1.29, 1.82) is 0 Å². The zero-order valence-electron chi connectivity index (χ0n) is 6.57. The topological polar surface area (TPSA) is 36.4 Å². The Balaban J connectivity index is 2.61. The highest BCUT2D eigenvalue weighted by Gasteiger charge is 1.96. The number of aromatic nitrogens is 1. The van der Waals surface area contributed by atoms with Crippen molar-refractivity contribution in [3.05, 3.63) is 24.5 Å². The van der Waals surface area contributed by atoms with Gasteiger partial charge >= 0.3 is 0 Å². The lowest BCUT2D eigenvalue weighted by atomic mass is 10.4. The van der Waals surface area contributed by atoms with Gasteiger partial charge in [0.2, 0.25) is 0 Å². The third-order valence-corrected chi connectivity index (χ3v) is 1.52. The zero-order chi connectivity index (χ0) is 8.10. The normalized spacial score (nSPS) is 9.64. The second-order valence-corrected chi connectivity index (χ2v) is 2.36. The summed E-state index contributed by atoms with van der Waals surface area (Å²) >= 11 is 0. The molecule has 11 heavy (non-hydrogen) atoms. The lowest BCUT2D eigenvalue weighted by Crippen LogP contribution is -2.20. The van der Waals surface area contributed by atoms with Crippen LogP contribution in [0, 0.1) is 0 Å². The van der Waals surface area contributed by atoms with E-state index in [0.29, 0.717) is 6.54 Å². The number of aliphatic hydroxyl groups is 1. The molecule has 0 unspecified atom stereocenters. The van der Waals surface area contributed by atoms with Crippen molar-refractivity contribution in [2.75, 3.05) is 25.1 Å². The molecule has 0 aromatic carbocycles. The molecule has 0 fully saturated rings. The van der Waals surface area contributed by atoms with Crippen LogP contribution >= 0.6 is 0 Å². The van der Waals surface area contributed by atoms with E-state index < -0.39 is 0 Å². The molecule has 0 spiro atoms. The second kappa shape index (κ2) is 3.93. The molecular weight excluding hydrogens is 140 g/mol. The number of nitrogens with zero attached hydrogens (tertiary/aromatic N) is 2. The van der Waals surface area contributed by atoms with Gasteiger partial charge in [-0.3, -0.25) is 4.98 Å². The van der Waals surface area contributed by atoms with E-state index in [9.17, 15) is 0 Å². The Labute approximate surface area is 66.3 Å². The lowest BCUT2D eigenvalue weighted by molar-refractivity contribution is 0.304. The van der Waals surface area contributed by atoms with Crippen LogP contribution in [-0.2, 0) is 0 Å². The summed E-state index contributed by atoms with van der Waals surface area (Å²) in [7, 11) is 1.92. The van der Waals surface area contributed by atoms with E-state index in [1.54, 1.807) is 12.4 Å². The van der Waals surface area contributed by atoms with Gasteiger partial charge in [0, 0.05) is 19.8 Å². The number of hydrogen-bond acceptors (Lipinski definition) is 3. The van der Waals surface area contributed by atoms with Gasteiger partial charge in [-0.2, -0.15) is 0 Å². The molecule has 3 heteroatoms. The first-order valence-corrected chi connectivity index (χ1v) is 3.56. The molecule has 1 rings (SSSR count). The lowest BCUT2D eigenvalue weighted by Gasteiger charge is -2.16. The van der Waals surface area contributed by atoms with Gasteiger partial charge < -0.3 is 10.0 Å². The quantitative estimate of drug-likeness (QED) is 0.685. The minimum atomic E-state index is 0.172. The monoisotopic (exact) mass is 152 g/mol. The van der Waals surface area contributed by atoms with Crippen LogP contribution in [0.5, 0.6) is 0 Å². The molecule has 1 N–H and O–H groups in total. The van der Waals surface area contributed by atoms with E-state index in [2.05, 4.69) is 4.98 Å². The molecule has 0 saturated heterocycles. The average molecular weight is 152 g/mol. The zero-order valence-corrected chi connectivity index (χ0v) is 6.57. The minimum absolute atomic E-state index is 0.172. The van der Waals surface area contributed by atoms with Gasteiger partial charge in [0.05, 0.1) is 18.5 Å². The maximum Gasteiger partial charge on any atom is 0.0606 e. The first-order valence-electron chi connectivity index (χ1n) is 3.56. The van der Waals surface area contributed by atoms with E-state index in [1.165, 1.54) is 0 Å². The van der Waals surface area contributed by atoms with E-state index in [1.807, 2.05) is 24.1 Å². The maximum atomic E-state index is 8.64. The SMILES string of the molecule is CN(CCO)c1cccnc1. The van der Waals surface area contributed by atoms with E-state index in [4.69, 9.17) is 5.11 Å². The summed E-state index contributed by atoms with van der Waals surface area (Å²) in [5, 5.41) is 8.64. The van der Waals surface area contributed by atoms with Gasteiger partial charge in [0.15, 0.2) is 0 Å². The predicted octanol–water partition coefficient (Wildman–Crippen LogP) is 0.510.